The number of aryl methyl sites for hydroxylation is 1. The van der Waals surface area contributed by atoms with Crippen molar-refractivity contribution in [1.29, 1.82) is 0 Å². The summed E-state index contributed by atoms with van der Waals surface area (Å²) in [4.78, 5) is 6.67. The van der Waals surface area contributed by atoms with E-state index in [0.29, 0.717) is 6.04 Å². The molecule has 1 aliphatic heterocycles. The van der Waals surface area contributed by atoms with Crippen LogP contribution in [0.3, 0.4) is 0 Å². The Morgan fingerprint density at radius 3 is 3.11 bits per heavy atom. The van der Waals surface area contributed by atoms with Crippen molar-refractivity contribution >= 4 is 0 Å². The molecule has 18 heavy (non-hydrogen) atoms. The second-order valence-electron chi connectivity index (χ2n) is 4.98. The Balaban J connectivity index is 1.52. The normalized spacial score (nSPS) is 20.6. The second kappa shape index (κ2) is 4.94. The molecule has 1 unspecified atom stereocenters. The van der Waals surface area contributed by atoms with Crippen LogP contribution in [-0.2, 0) is 13.5 Å². The second-order valence-corrected chi connectivity index (χ2v) is 4.98. The molecule has 0 radical (unpaired) electrons. The highest BCUT2D eigenvalue weighted by Crippen LogP contribution is 2.20. The van der Waals surface area contributed by atoms with E-state index in [1.807, 2.05) is 24.8 Å². The van der Waals surface area contributed by atoms with Crippen LogP contribution in [0.5, 0.6) is 0 Å². The van der Waals surface area contributed by atoms with Gasteiger partial charge >= 0.3 is 0 Å². The molecule has 0 spiro atoms. The lowest BCUT2D eigenvalue weighted by atomic mass is 10.3. The van der Waals surface area contributed by atoms with Crippen molar-refractivity contribution < 1.29 is 0 Å². The fraction of sp³-hybridized carbons (Fsp3) is 0.538. The Hall–Kier alpha value is -1.62. The number of likely N-dealkylation sites (tertiary alicyclic amines) is 1. The van der Waals surface area contributed by atoms with Crippen molar-refractivity contribution in [3.8, 4) is 0 Å². The molecule has 1 aliphatic rings. The lowest BCUT2D eigenvalue weighted by molar-refractivity contribution is 0.321. The van der Waals surface area contributed by atoms with E-state index in [0.717, 1.165) is 19.5 Å². The van der Waals surface area contributed by atoms with Crippen LogP contribution in [0.25, 0.3) is 0 Å². The van der Waals surface area contributed by atoms with Crippen LogP contribution >= 0.6 is 0 Å². The third-order valence-corrected chi connectivity index (χ3v) is 3.75. The standard InChI is InChI=1S/C13H19N5/c1-16-11-14-9-12(16)3-7-17-8-4-13(10-17)18-6-2-5-15-18/h2,5-6,9,11,13H,3-4,7-8,10H2,1H3. The highest BCUT2D eigenvalue weighted by molar-refractivity contribution is 4.98. The Labute approximate surface area is 107 Å². The summed E-state index contributed by atoms with van der Waals surface area (Å²) in [6, 6.07) is 2.55. The van der Waals surface area contributed by atoms with E-state index < -0.39 is 0 Å². The predicted octanol–water partition coefficient (Wildman–Crippen LogP) is 1.11. The van der Waals surface area contributed by atoms with Crippen molar-refractivity contribution in [3.63, 3.8) is 0 Å². The van der Waals surface area contributed by atoms with Gasteiger partial charge in [0.25, 0.3) is 0 Å². The van der Waals surface area contributed by atoms with Gasteiger partial charge in [-0.05, 0) is 12.5 Å². The first-order chi connectivity index (χ1) is 8.83. The van der Waals surface area contributed by atoms with Crippen LogP contribution in [0.2, 0.25) is 0 Å². The van der Waals surface area contributed by atoms with Crippen molar-refractivity contribution in [2.24, 2.45) is 7.05 Å². The quantitative estimate of drug-likeness (QED) is 0.810. The van der Waals surface area contributed by atoms with Gasteiger partial charge in [-0.25, -0.2) is 4.98 Å². The molecule has 2 aromatic heterocycles. The fourth-order valence-electron chi connectivity index (χ4n) is 2.63. The number of hydrogen-bond donors (Lipinski definition) is 0. The Kier molecular flexibility index (Phi) is 3.15. The van der Waals surface area contributed by atoms with Gasteiger partial charge in [0, 0.05) is 57.4 Å². The minimum absolute atomic E-state index is 0.548. The van der Waals surface area contributed by atoms with E-state index in [2.05, 4.69) is 37.5 Å². The van der Waals surface area contributed by atoms with Gasteiger partial charge in [0.1, 0.15) is 0 Å². The molecule has 0 aliphatic carbocycles. The molecule has 96 valence electrons. The van der Waals surface area contributed by atoms with E-state index in [9.17, 15) is 0 Å². The van der Waals surface area contributed by atoms with E-state index in [4.69, 9.17) is 0 Å². The Morgan fingerprint density at radius 2 is 2.39 bits per heavy atom. The molecule has 5 nitrogen and oxygen atoms in total. The summed E-state index contributed by atoms with van der Waals surface area (Å²) in [7, 11) is 2.05. The van der Waals surface area contributed by atoms with E-state index in [1.165, 1.54) is 18.7 Å². The van der Waals surface area contributed by atoms with Gasteiger partial charge in [-0.1, -0.05) is 0 Å². The minimum Gasteiger partial charge on any atom is -0.338 e. The highest BCUT2D eigenvalue weighted by Gasteiger charge is 2.23. The summed E-state index contributed by atoms with van der Waals surface area (Å²) < 4.78 is 4.19. The summed E-state index contributed by atoms with van der Waals surface area (Å²) in [5, 5.41) is 4.33. The van der Waals surface area contributed by atoms with Crippen LogP contribution in [-0.4, -0.2) is 43.9 Å². The van der Waals surface area contributed by atoms with Crippen LogP contribution in [0.4, 0.5) is 0 Å². The van der Waals surface area contributed by atoms with Crippen molar-refractivity contribution in [3.05, 3.63) is 36.7 Å². The zero-order valence-corrected chi connectivity index (χ0v) is 10.7. The molecule has 5 heteroatoms. The van der Waals surface area contributed by atoms with Gasteiger partial charge in [0.15, 0.2) is 0 Å². The average molecular weight is 245 g/mol. The maximum absolute atomic E-state index is 4.33. The van der Waals surface area contributed by atoms with Crippen molar-refractivity contribution in [1.82, 2.24) is 24.2 Å². The third-order valence-electron chi connectivity index (χ3n) is 3.75. The largest absolute Gasteiger partial charge is 0.338 e. The molecule has 0 saturated carbocycles. The summed E-state index contributed by atoms with van der Waals surface area (Å²) in [5.41, 5.74) is 1.30. The number of rotatable bonds is 4. The molecule has 0 amide bonds. The molecular weight excluding hydrogens is 226 g/mol. The molecule has 0 N–H and O–H groups in total. The number of aromatic nitrogens is 4. The van der Waals surface area contributed by atoms with Gasteiger partial charge in [-0.2, -0.15) is 5.10 Å². The third kappa shape index (κ3) is 2.31. The monoisotopic (exact) mass is 245 g/mol. The van der Waals surface area contributed by atoms with Gasteiger partial charge < -0.3 is 9.47 Å². The molecule has 3 heterocycles. The predicted molar refractivity (Wildman–Crippen MR) is 69.2 cm³/mol. The summed E-state index contributed by atoms with van der Waals surface area (Å²) in [5.74, 6) is 0. The maximum Gasteiger partial charge on any atom is 0.0945 e. The number of hydrogen-bond acceptors (Lipinski definition) is 3. The highest BCUT2D eigenvalue weighted by atomic mass is 15.3. The SMILES string of the molecule is Cn1cncc1CCN1CCC(n2cccn2)C1. The van der Waals surface area contributed by atoms with Gasteiger partial charge in [-0.3, -0.25) is 4.68 Å². The van der Waals surface area contributed by atoms with Gasteiger partial charge in [-0.15, -0.1) is 0 Å². The topological polar surface area (TPSA) is 38.9 Å². The minimum atomic E-state index is 0.548. The number of imidazole rings is 1. The first kappa shape index (κ1) is 11.5. The zero-order chi connectivity index (χ0) is 12.4. The molecule has 1 atom stereocenters. The van der Waals surface area contributed by atoms with Crippen molar-refractivity contribution in [2.45, 2.75) is 18.9 Å². The molecule has 0 aromatic carbocycles. The molecule has 0 bridgehead atoms. The lowest BCUT2D eigenvalue weighted by Gasteiger charge is -2.16. The molecule has 1 saturated heterocycles. The zero-order valence-electron chi connectivity index (χ0n) is 10.7. The van der Waals surface area contributed by atoms with Gasteiger partial charge in [0.05, 0.1) is 12.4 Å². The van der Waals surface area contributed by atoms with Gasteiger partial charge in [0.2, 0.25) is 0 Å². The lowest BCUT2D eigenvalue weighted by Crippen LogP contribution is -2.24. The number of nitrogens with zero attached hydrogens (tertiary/aromatic N) is 5. The molecule has 1 fully saturated rings. The first-order valence-electron chi connectivity index (χ1n) is 6.49. The average Bonchev–Trinajstić information content (AvgIpc) is 3.08. The first-order valence-corrected chi connectivity index (χ1v) is 6.49. The van der Waals surface area contributed by atoms with Crippen molar-refractivity contribution in [2.75, 3.05) is 19.6 Å². The van der Waals surface area contributed by atoms with Crippen LogP contribution < -0.4 is 0 Å². The van der Waals surface area contributed by atoms with E-state index in [1.54, 1.807) is 0 Å². The maximum atomic E-state index is 4.33. The van der Waals surface area contributed by atoms with E-state index in [-0.39, 0.29) is 0 Å². The smallest absolute Gasteiger partial charge is 0.0945 e. The summed E-state index contributed by atoms with van der Waals surface area (Å²) >= 11 is 0. The van der Waals surface area contributed by atoms with Crippen LogP contribution in [0.1, 0.15) is 18.2 Å². The van der Waals surface area contributed by atoms with E-state index >= 15 is 0 Å². The molecular formula is C13H19N5. The summed E-state index contributed by atoms with van der Waals surface area (Å²) in [6.07, 6.45) is 10.0. The summed E-state index contributed by atoms with van der Waals surface area (Å²) in [6.45, 7) is 3.39. The molecule has 3 rings (SSSR count). The Morgan fingerprint density at radius 1 is 1.44 bits per heavy atom. The molecule has 2 aromatic rings. The van der Waals surface area contributed by atoms with Crippen LogP contribution in [0.15, 0.2) is 31.0 Å². The van der Waals surface area contributed by atoms with Crippen LogP contribution in [0, 0.1) is 0 Å². The Bertz CT molecular complexity index is 487. The fourth-order valence-corrected chi connectivity index (χ4v) is 2.63.